The molecule has 130 valence electrons. The summed E-state index contributed by atoms with van der Waals surface area (Å²) in [4.78, 5) is 18.9. The lowest BCUT2D eigenvalue weighted by atomic mass is 9.96. The molecule has 1 saturated heterocycles. The monoisotopic (exact) mass is 335 g/mol. The van der Waals surface area contributed by atoms with E-state index in [-0.39, 0.29) is 5.91 Å². The number of fused-ring (bicyclic) bond motifs is 1. The van der Waals surface area contributed by atoms with E-state index < -0.39 is 0 Å². The molecule has 0 spiro atoms. The van der Waals surface area contributed by atoms with Crippen LogP contribution in [0.5, 0.6) is 0 Å². The smallest absolute Gasteiger partial charge is 0.251 e. The Morgan fingerprint density at radius 1 is 1.08 bits per heavy atom. The van der Waals surface area contributed by atoms with Crippen molar-refractivity contribution < 1.29 is 4.79 Å². The highest BCUT2D eigenvalue weighted by Crippen LogP contribution is 2.24. The standard InChI is InChI=1S/C21H25N3O/c25-21(19-5-4-17-2-1-3-18(17)14-19)23-15-16-8-12-24(13-9-16)20-6-10-22-11-7-20/h4-7,10-11,14,16H,1-3,8-9,12-13,15H2,(H,23,25). The number of nitrogens with one attached hydrogen (secondary N) is 1. The predicted molar refractivity (Wildman–Crippen MR) is 100.0 cm³/mol. The fourth-order valence-corrected chi connectivity index (χ4v) is 4.00. The molecule has 1 fully saturated rings. The van der Waals surface area contributed by atoms with Gasteiger partial charge in [-0.2, -0.15) is 0 Å². The van der Waals surface area contributed by atoms with Gasteiger partial charge in [-0.1, -0.05) is 6.07 Å². The lowest BCUT2D eigenvalue weighted by molar-refractivity contribution is 0.0945. The maximum Gasteiger partial charge on any atom is 0.251 e. The minimum Gasteiger partial charge on any atom is -0.371 e. The van der Waals surface area contributed by atoms with E-state index in [1.54, 1.807) is 0 Å². The van der Waals surface area contributed by atoms with Crippen molar-refractivity contribution in [3.63, 3.8) is 0 Å². The van der Waals surface area contributed by atoms with Crippen LogP contribution in [0, 0.1) is 5.92 Å². The number of anilines is 1. The summed E-state index contributed by atoms with van der Waals surface area (Å²) in [6, 6.07) is 10.3. The van der Waals surface area contributed by atoms with Gasteiger partial charge in [-0.15, -0.1) is 0 Å². The van der Waals surface area contributed by atoms with Crippen LogP contribution in [-0.4, -0.2) is 30.5 Å². The Hall–Kier alpha value is -2.36. The number of carbonyl (C=O) groups is 1. The van der Waals surface area contributed by atoms with E-state index in [2.05, 4.69) is 39.5 Å². The molecule has 0 radical (unpaired) electrons. The molecule has 2 heterocycles. The molecule has 4 nitrogen and oxygen atoms in total. The summed E-state index contributed by atoms with van der Waals surface area (Å²) in [5, 5.41) is 3.15. The van der Waals surface area contributed by atoms with Crippen molar-refractivity contribution in [1.29, 1.82) is 0 Å². The van der Waals surface area contributed by atoms with Crippen molar-refractivity contribution in [3.05, 3.63) is 59.4 Å². The number of piperidine rings is 1. The first-order valence-corrected chi connectivity index (χ1v) is 9.34. The van der Waals surface area contributed by atoms with Gasteiger partial charge in [0.05, 0.1) is 0 Å². The largest absolute Gasteiger partial charge is 0.371 e. The number of aromatic nitrogens is 1. The predicted octanol–water partition coefficient (Wildman–Crippen LogP) is 3.22. The quantitative estimate of drug-likeness (QED) is 0.933. The molecule has 1 aliphatic heterocycles. The Balaban J connectivity index is 1.27. The number of aryl methyl sites for hydroxylation is 2. The summed E-state index contributed by atoms with van der Waals surface area (Å²) in [6.45, 7) is 2.87. The van der Waals surface area contributed by atoms with Crippen molar-refractivity contribution in [1.82, 2.24) is 10.3 Å². The molecule has 2 aliphatic rings. The molecule has 1 aromatic heterocycles. The van der Waals surface area contributed by atoms with Gasteiger partial charge in [0.1, 0.15) is 0 Å². The van der Waals surface area contributed by atoms with Crippen molar-refractivity contribution >= 4 is 11.6 Å². The van der Waals surface area contributed by atoms with Crippen LogP contribution in [0.2, 0.25) is 0 Å². The molecule has 0 saturated carbocycles. The Morgan fingerprint density at radius 2 is 1.84 bits per heavy atom. The topological polar surface area (TPSA) is 45.2 Å². The number of hydrogen-bond donors (Lipinski definition) is 1. The minimum absolute atomic E-state index is 0.0752. The summed E-state index contributed by atoms with van der Waals surface area (Å²) < 4.78 is 0. The number of carbonyl (C=O) groups excluding carboxylic acids is 1. The summed E-state index contributed by atoms with van der Waals surface area (Å²) in [5.74, 6) is 0.641. The summed E-state index contributed by atoms with van der Waals surface area (Å²) in [7, 11) is 0. The molecule has 2 aromatic rings. The molecule has 25 heavy (non-hydrogen) atoms. The van der Waals surface area contributed by atoms with Crippen LogP contribution in [0.1, 0.15) is 40.7 Å². The molecule has 1 N–H and O–H groups in total. The summed E-state index contributed by atoms with van der Waals surface area (Å²) >= 11 is 0. The van der Waals surface area contributed by atoms with Crippen molar-refractivity contribution in [2.45, 2.75) is 32.1 Å². The number of pyridine rings is 1. The van der Waals surface area contributed by atoms with Crippen LogP contribution in [0.15, 0.2) is 42.7 Å². The Morgan fingerprint density at radius 3 is 2.64 bits per heavy atom. The number of nitrogens with zero attached hydrogens (tertiary/aromatic N) is 2. The van der Waals surface area contributed by atoms with Gasteiger partial charge in [0.25, 0.3) is 5.91 Å². The van der Waals surface area contributed by atoms with E-state index in [4.69, 9.17) is 0 Å². The molecule has 4 heteroatoms. The molecule has 1 aromatic carbocycles. The van der Waals surface area contributed by atoms with Crippen LogP contribution >= 0.6 is 0 Å². The second kappa shape index (κ2) is 7.26. The number of hydrogen-bond acceptors (Lipinski definition) is 3. The summed E-state index contributed by atoms with van der Waals surface area (Å²) in [6.07, 6.45) is 9.42. The molecule has 1 amide bonds. The van der Waals surface area contributed by atoms with E-state index in [1.807, 2.05) is 18.5 Å². The highest BCUT2D eigenvalue weighted by molar-refractivity contribution is 5.94. The maximum absolute atomic E-state index is 12.4. The van der Waals surface area contributed by atoms with Crippen molar-refractivity contribution in [2.75, 3.05) is 24.5 Å². The van der Waals surface area contributed by atoms with Crippen LogP contribution in [0.25, 0.3) is 0 Å². The van der Waals surface area contributed by atoms with Gasteiger partial charge in [0, 0.05) is 43.3 Å². The number of amides is 1. The third kappa shape index (κ3) is 3.68. The molecule has 0 bridgehead atoms. The van der Waals surface area contributed by atoms with Gasteiger partial charge < -0.3 is 10.2 Å². The molecule has 4 rings (SSSR count). The zero-order valence-corrected chi connectivity index (χ0v) is 14.6. The van der Waals surface area contributed by atoms with Gasteiger partial charge in [0.2, 0.25) is 0 Å². The van der Waals surface area contributed by atoms with E-state index in [9.17, 15) is 4.79 Å². The lowest BCUT2D eigenvalue weighted by Crippen LogP contribution is -2.38. The lowest BCUT2D eigenvalue weighted by Gasteiger charge is -2.33. The molecule has 1 aliphatic carbocycles. The van der Waals surface area contributed by atoms with Crippen molar-refractivity contribution in [3.8, 4) is 0 Å². The Bertz CT molecular complexity index is 736. The Kier molecular flexibility index (Phi) is 4.68. The first-order chi connectivity index (χ1) is 12.3. The molecule has 0 unspecified atom stereocenters. The SMILES string of the molecule is O=C(NCC1CCN(c2ccncc2)CC1)c1ccc2c(c1)CCC2. The first-order valence-electron chi connectivity index (χ1n) is 9.34. The normalized spacial score (nSPS) is 17.4. The summed E-state index contributed by atoms with van der Waals surface area (Å²) in [5.41, 5.74) is 4.84. The van der Waals surface area contributed by atoms with E-state index in [0.29, 0.717) is 5.92 Å². The van der Waals surface area contributed by atoms with Crippen LogP contribution in [0.4, 0.5) is 5.69 Å². The van der Waals surface area contributed by atoms with Crippen LogP contribution in [-0.2, 0) is 12.8 Å². The Labute approximate surface area is 149 Å². The highest BCUT2D eigenvalue weighted by atomic mass is 16.1. The van der Waals surface area contributed by atoms with Gasteiger partial charge in [-0.25, -0.2) is 0 Å². The van der Waals surface area contributed by atoms with Gasteiger partial charge in [-0.3, -0.25) is 9.78 Å². The van der Waals surface area contributed by atoms with Crippen molar-refractivity contribution in [2.24, 2.45) is 5.92 Å². The van der Waals surface area contributed by atoms with E-state index >= 15 is 0 Å². The van der Waals surface area contributed by atoms with E-state index in [1.165, 1.54) is 23.2 Å². The zero-order chi connectivity index (χ0) is 17.1. The average molecular weight is 335 g/mol. The third-order valence-electron chi connectivity index (χ3n) is 5.55. The maximum atomic E-state index is 12.4. The average Bonchev–Trinajstić information content (AvgIpc) is 3.15. The second-order valence-corrected chi connectivity index (χ2v) is 7.18. The van der Waals surface area contributed by atoms with Crippen LogP contribution in [0.3, 0.4) is 0 Å². The minimum atomic E-state index is 0.0752. The molecular formula is C21H25N3O. The second-order valence-electron chi connectivity index (χ2n) is 7.18. The number of rotatable bonds is 4. The zero-order valence-electron chi connectivity index (χ0n) is 14.6. The van der Waals surface area contributed by atoms with E-state index in [0.717, 1.165) is 50.9 Å². The fourth-order valence-electron chi connectivity index (χ4n) is 4.00. The third-order valence-corrected chi connectivity index (χ3v) is 5.55. The molecular weight excluding hydrogens is 310 g/mol. The first kappa shape index (κ1) is 16.1. The number of benzene rings is 1. The van der Waals surface area contributed by atoms with Gasteiger partial charge in [-0.05, 0) is 73.4 Å². The molecule has 0 atom stereocenters. The highest BCUT2D eigenvalue weighted by Gasteiger charge is 2.20. The fraction of sp³-hybridized carbons (Fsp3) is 0.429. The van der Waals surface area contributed by atoms with Crippen LogP contribution < -0.4 is 10.2 Å². The van der Waals surface area contributed by atoms with Gasteiger partial charge >= 0.3 is 0 Å². The van der Waals surface area contributed by atoms with Gasteiger partial charge in [0.15, 0.2) is 0 Å².